The average molecular weight is 410 g/mol. The summed E-state index contributed by atoms with van der Waals surface area (Å²) in [5.74, 6) is -1.12. The molecule has 2 heterocycles. The highest BCUT2D eigenvalue weighted by atomic mass is 79.9. The van der Waals surface area contributed by atoms with E-state index in [0.717, 1.165) is 20.0 Å². The molecule has 0 spiro atoms. The Bertz CT molecular complexity index is 763. The number of carbonyl (C=O) groups is 1. The molecule has 2 rings (SSSR count). The van der Waals surface area contributed by atoms with Gasteiger partial charge in [0.15, 0.2) is 0 Å². The van der Waals surface area contributed by atoms with Crippen LogP contribution in [0.3, 0.4) is 0 Å². The quantitative estimate of drug-likeness (QED) is 0.767. The zero-order chi connectivity index (χ0) is 15.6. The molecule has 0 fully saturated rings. The van der Waals surface area contributed by atoms with Gasteiger partial charge in [0.25, 0.3) is 0 Å². The van der Waals surface area contributed by atoms with Gasteiger partial charge in [-0.25, -0.2) is 17.9 Å². The Morgan fingerprint density at radius 1 is 1.38 bits per heavy atom. The van der Waals surface area contributed by atoms with Gasteiger partial charge in [0.1, 0.15) is 4.88 Å². The highest BCUT2D eigenvalue weighted by molar-refractivity contribution is 9.11. The van der Waals surface area contributed by atoms with Crippen molar-refractivity contribution < 1.29 is 18.3 Å². The van der Waals surface area contributed by atoms with Gasteiger partial charge in [-0.05, 0) is 47.5 Å². The van der Waals surface area contributed by atoms with Crippen LogP contribution in [0.4, 0.5) is 0 Å². The molecular formula is C12H12BrNO4S3. The molecule has 0 aromatic carbocycles. The average Bonchev–Trinajstić information content (AvgIpc) is 2.96. The third-order valence-electron chi connectivity index (χ3n) is 2.66. The fourth-order valence-electron chi connectivity index (χ4n) is 1.71. The van der Waals surface area contributed by atoms with Crippen molar-refractivity contribution in [1.82, 2.24) is 4.72 Å². The van der Waals surface area contributed by atoms with Crippen molar-refractivity contribution in [3.05, 3.63) is 36.6 Å². The Hall–Kier alpha value is -0.740. The standard InChI is InChI=1S/C12H12BrNO4S3/c1-7-10(6-9(19-7)12(15)16)21(17,18)14-5-4-8-2-3-11(13)20-8/h2-3,6,14H,4-5H2,1H3,(H,15,16). The van der Waals surface area contributed by atoms with Crippen LogP contribution in [0.15, 0.2) is 26.9 Å². The third-order valence-corrected chi connectivity index (χ3v) is 7.10. The molecule has 0 amide bonds. The number of hydrogen-bond acceptors (Lipinski definition) is 5. The molecule has 2 aromatic heterocycles. The summed E-state index contributed by atoms with van der Waals surface area (Å²) in [5.41, 5.74) is 0. The Kier molecular flexibility index (Phi) is 5.20. The number of aromatic carboxylic acids is 1. The van der Waals surface area contributed by atoms with Gasteiger partial charge in [-0.1, -0.05) is 0 Å². The number of thiophene rings is 2. The molecule has 0 saturated heterocycles. The maximum Gasteiger partial charge on any atom is 0.345 e. The minimum absolute atomic E-state index is 0.0232. The van der Waals surface area contributed by atoms with E-state index in [4.69, 9.17) is 5.11 Å². The predicted octanol–water partition coefficient (Wildman–Crippen LogP) is 3.10. The van der Waals surface area contributed by atoms with Crippen LogP contribution >= 0.6 is 38.6 Å². The minimum Gasteiger partial charge on any atom is -0.477 e. The summed E-state index contributed by atoms with van der Waals surface area (Å²) >= 11 is 5.86. The highest BCUT2D eigenvalue weighted by Crippen LogP contribution is 2.26. The van der Waals surface area contributed by atoms with E-state index < -0.39 is 16.0 Å². The van der Waals surface area contributed by atoms with Gasteiger partial charge < -0.3 is 5.11 Å². The number of halogens is 1. The van der Waals surface area contributed by atoms with Crippen LogP contribution in [-0.4, -0.2) is 26.0 Å². The minimum atomic E-state index is -3.68. The van der Waals surface area contributed by atoms with E-state index in [2.05, 4.69) is 20.7 Å². The number of nitrogens with one attached hydrogen (secondary N) is 1. The van der Waals surface area contributed by atoms with Crippen LogP contribution < -0.4 is 4.72 Å². The predicted molar refractivity (Wildman–Crippen MR) is 86.9 cm³/mol. The van der Waals surface area contributed by atoms with E-state index in [1.807, 2.05) is 12.1 Å². The van der Waals surface area contributed by atoms with Crippen LogP contribution in [-0.2, 0) is 16.4 Å². The molecule has 2 aromatic rings. The lowest BCUT2D eigenvalue weighted by Crippen LogP contribution is -2.26. The summed E-state index contributed by atoms with van der Waals surface area (Å²) in [6.07, 6.45) is 0.588. The topological polar surface area (TPSA) is 83.5 Å². The number of carboxylic acid groups (broad SMARTS) is 1. The first kappa shape index (κ1) is 16.6. The molecule has 0 aliphatic carbocycles. The van der Waals surface area contributed by atoms with Crippen LogP contribution in [0.25, 0.3) is 0 Å². The molecule has 21 heavy (non-hydrogen) atoms. The number of carboxylic acids is 1. The molecule has 9 heteroatoms. The first-order valence-electron chi connectivity index (χ1n) is 5.87. The summed E-state index contributed by atoms with van der Waals surface area (Å²) in [7, 11) is -3.68. The monoisotopic (exact) mass is 409 g/mol. The smallest absolute Gasteiger partial charge is 0.345 e. The molecule has 0 bridgehead atoms. The van der Waals surface area contributed by atoms with Gasteiger partial charge >= 0.3 is 5.97 Å². The second-order valence-corrected chi connectivity index (χ2v) is 9.73. The molecule has 0 saturated carbocycles. The molecule has 0 atom stereocenters. The van der Waals surface area contributed by atoms with Gasteiger partial charge in [0, 0.05) is 16.3 Å². The maximum atomic E-state index is 12.2. The lowest BCUT2D eigenvalue weighted by Gasteiger charge is -2.05. The van der Waals surface area contributed by atoms with Crippen molar-refractivity contribution in [3.63, 3.8) is 0 Å². The van der Waals surface area contributed by atoms with Crippen LogP contribution in [0.1, 0.15) is 19.4 Å². The lowest BCUT2D eigenvalue weighted by atomic mass is 10.3. The summed E-state index contributed by atoms with van der Waals surface area (Å²) in [4.78, 5) is 12.5. The zero-order valence-corrected chi connectivity index (χ0v) is 15.0. The molecule has 5 nitrogen and oxygen atoms in total. The molecule has 0 radical (unpaired) electrons. The van der Waals surface area contributed by atoms with E-state index in [9.17, 15) is 13.2 Å². The zero-order valence-electron chi connectivity index (χ0n) is 10.9. The van der Waals surface area contributed by atoms with Crippen molar-refractivity contribution in [1.29, 1.82) is 0 Å². The van der Waals surface area contributed by atoms with E-state index in [-0.39, 0.29) is 16.3 Å². The Balaban J connectivity index is 2.06. The van der Waals surface area contributed by atoms with Crippen molar-refractivity contribution in [2.24, 2.45) is 0 Å². The molecular weight excluding hydrogens is 398 g/mol. The Morgan fingerprint density at radius 2 is 2.10 bits per heavy atom. The van der Waals surface area contributed by atoms with Crippen molar-refractivity contribution in [2.75, 3.05) is 6.54 Å². The van der Waals surface area contributed by atoms with E-state index in [1.165, 1.54) is 6.07 Å². The van der Waals surface area contributed by atoms with Crippen molar-refractivity contribution >= 4 is 54.6 Å². The van der Waals surface area contributed by atoms with E-state index in [1.54, 1.807) is 18.3 Å². The lowest BCUT2D eigenvalue weighted by molar-refractivity contribution is 0.0702. The normalized spacial score (nSPS) is 11.7. The highest BCUT2D eigenvalue weighted by Gasteiger charge is 2.21. The van der Waals surface area contributed by atoms with Crippen molar-refractivity contribution in [3.8, 4) is 0 Å². The second kappa shape index (κ2) is 6.57. The fourth-order valence-corrected chi connectivity index (χ4v) is 5.65. The van der Waals surface area contributed by atoms with E-state index >= 15 is 0 Å². The fraction of sp³-hybridized carbons (Fsp3) is 0.250. The van der Waals surface area contributed by atoms with Crippen LogP contribution in [0.5, 0.6) is 0 Å². The molecule has 2 N–H and O–H groups in total. The van der Waals surface area contributed by atoms with Crippen LogP contribution in [0, 0.1) is 6.92 Å². The number of sulfonamides is 1. The van der Waals surface area contributed by atoms with Gasteiger partial charge in [-0.3, -0.25) is 0 Å². The molecule has 0 aliphatic heterocycles. The van der Waals surface area contributed by atoms with Gasteiger partial charge in [-0.2, -0.15) is 0 Å². The number of rotatable bonds is 6. The van der Waals surface area contributed by atoms with Crippen LogP contribution in [0.2, 0.25) is 0 Å². The third kappa shape index (κ3) is 4.13. The Labute approximate surface area is 138 Å². The number of hydrogen-bond donors (Lipinski definition) is 2. The van der Waals surface area contributed by atoms with Crippen molar-refractivity contribution in [2.45, 2.75) is 18.2 Å². The second-order valence-electron chi connectivity index (χ2n) is 4.19. The molecule has 0 unspecified atom stereocenters. The summed E-state index contributed by atoms with van der Waals surface area (Å²) in [6, 6.07) is 5.05. The summed E-state index contributed by atoms with van der Waals surface area (Å²) in [5, 5.41) is 8.91. The first-order valence-corrected chi connectivity index (χ1v) is 9.78. The Morgan fingerprint density at radius 3 is 2.62 bits per heavy atom. The van der Waals surface area contributed by atoms with E-state index in [0.29, 0.717) is 11.3 Å². The van der Waals surface area contributed by atoms with Gasteiger partial charge in [0.2, 0.25) is 10.0 Å². The summed E-state index contributed by atoms with van der Waals surface area (Å²) < 4.78 is 27.9. The SMILES string of the molecule is Cc1sc(C(=O)O)cc1S(=O)(=O)NCCc1ccc(Br)s1. The summed E-state index contributed by atoms with van der Waals surface area (Å²) in [6.45, 7) is 1.87. The first-order chi connectivity index (χ1) is 9.79. The maximum absolute atomic E-state index is 12.2. The molecule has 114 valence electrons. The largest absolute Gasteiger partial charge is 0.477 e. The van der Waals surface area contributed by atoms with Gasteiger partial charge in [0.05, 0.1) is 8.68 Å². The number of aryl methyl sites for hydroxylation is 1. The molecule has 0 aliphatic rings. The van der Waals surface area contributed by atoms with Gasteiger partial charge in [-0.15, -0.1) is 22.7 Å².